The number of thiophene rings is 1. The number of nitrogens with one attached hydrogen (secondary N) is 2. The number of hydrogen-bond donors (Lipinski definition) is 2. The molecule has 0 bridgehead atoms. The monoisotopic (exact) mass is 441 g/mol. The third kappa shape index (κ3) is 5.09. The van der Waals surface area contributed by atoms with Crippen molar-refractivity contribution < 1.29 is 0 Å². The van der Waals surface area contributed by atoms with Crippen LogP contribution in [0.4, 0.5) is 5.82 Å². The smallest absolute Gasteiger partial charge is 0.191 e. The van der Waals surface area contributed by atoms with E-state index in [-0.39, 0.29) is 0 Å². The highest BCUT2D eigenvalue weighted by molar-refractivity contribution is 9.11. The Morgan fingerprint density at radius 2 is 2.36 bits per heavy atom. The van der Waals surface area contributed by atoms with E-state index in [1.807, 2.05) is 12.1 Å². The minimum absolute atomic E-state index is 0.333. The standard InChI is InChI=1S/C17H21BrClN5S/c1-20-17(22-9-6-13-4-5-15(18)25-13)23-12-7-10-24(11-12)16-14(19)3-2-8-21-16/h2-5,8,12H,6-7,9-11H2,1H3,(H2,20,22,23). The minimum atomic E-state index is 0.333. The molecule has 3 rings (SSSR count). The molecule has 1 aliphatic heterocycles. The number of guanidine groups is 1. The zero-order chi connectivity index (χ0) is 17.6. The van der Waals surface area contributed by atoms with Gasteiger partial charge in [0.1, 0.15) is 5.82 Å². The maximum Gasteiger partial charge on any atom is 0.191 e. The fraction of sp³-hybridized carbons (Fsp3) is 0.412. The highest BCUT2D eigenvalue weighted by Gasteiger charge is 2.25. The van der Waals surface area contributed by atoms with E-state index >= 15 is 0 Å². The maximum atomic E-state index is 6.25. The van der Waals surface area contributed by atoms with E-state index in [0.717, 1.165) is 44.3 Å². The summed E-state index contributed by atoms with van der Waals surface area (Å²) in [7, 11) is 1.80. The van der Waals surface area contributed by atoms with Gasteiger partial charge in [-0.05, 0) is 53.0 Å². The predicted octanol–water partition coefficient (Wildman–Crippen LogP) is 3.55. The molecule has 5 nitrogen and oxygen atoms in total. The summed E-state index contributed by atoms with van der Waals surface area (Å²) >= 11 is 11.5. The van der Waals surface area contributed by atoms with Gasteiger partial charge in [0.05, 0.1) is 8.81 Å². The van der Waals surface area contributed by atoms with Crippen LogP contribution in [0.15, 0.2) is 39.2 Å². The molecule has 0 aromatic carbocycles. The van der Waals surface area contributed by atoms with E-state index in [4.69, 9.17) is 11.6 Å². The first kappa shape index (κ1) is 18.5. The second kappa shape index (κ2) is 8.87. The number of nitrogens with zero attached hydrogens (tertiary/aromatic N) is 3. The zero-order valence-corrected chi connectivity index (χ0v) is 17.2. The van der Waals surface area contributed by atoms with Gasteiger partial charge >= 0.3 is 0 Å². The zero-order valence-electron chi connectivity index (χ0n) is 14.0. The van der Waals surface area contributed by atoms with E-state index in [0.29, 0.717) is 11.1 Å². The summed E-state index contributed by atoms with van der Waals surface area (Å²) in [5.41, 5.74) is 0. The molecule has 2 aromatic heterocycles. The van der Waals surface area contributed by atoms with Crippen LogP contribution < -0.4 is 15.5 Å². The molecule has 0 saturated carbocycles. The van der Waals surface area contributed by atoms with Crippen molar-refractivity contribution in [3.63, 3.8) is 0 Å². The number of rotatable bonds is 5. The van der Waals surface area contributed by atoms with Crippen LogP contribution in [0.25, 0.3) is 0 Å². The van der Waals surface area contributed by atoms with Gasteiger partial charge in [0, 0.05) is 43.8 Å². The van der Waals surface area contributed by atoms with Crippen molar-refractivity contribution in [1.29, 1.82) is 0 Å². The summed E-state index contributed by atoms with van der Waals surface area (Å²) < 4.78 is 1.17. The number of anilines is 1. The lowest BCUT2D eigenvalue weighted by Gasteiger charge is -2.20. The Kier molecular flexibility index (Phi) is 6.56. The SMILES string of the molecule is CN=C(NCCc1ccc(Br)s1)NC1CCN(c2ncccc2Cl)C1. The molecule has 1 saturated heterocycles. The summed E-state index contributed by atoms with van der Waals surface area (Å²) in [6, 6.07) is 8.31. The number of pyridine rings is 1. The third-order valence-corrected chi connectivity index (χ3v) is 6.06. The average Bonchev–Trinajstić information content (AvgIpc) is 3.23. The number of aromatic nitrogens is 1. The van der Waals surface area contributed by atoms with Crippen molar-refractivity contribution in [3.8, 4) is 0 Å². The lowest BCUT2D eigenvalue weighted by Crippen LogP contribution is -2.45. The Bertz CT molecular complexity index is 735. The Labute approximate surface area is 165 Å². The van der Waals surface area contributed by atoms with Crippen LogP contribution in [-0.4, -0.2) is 43.7 Å². The van der Waals surface area contributed by atoms with Gasteiger partial charge in [-0.3, -0.25) is 4.99 Å². The van der Waals surface area contributed by atoms with Gasteiger partial charge < -0.3 is 15.5 Å². The van der Waals surface area contributed by atoms with E-state index in [9.17, 15) is 0 Å². The summed E-state index contributed by atoms with van der Waals surface area (Å²) in [6.45, 7) is 2.67. The lowest BCUT2D eigenvalue weighted by atomic mass is 10.3. The maximum absolute atomic E-state index is 6.25. The van der Waals surface area contributed by atoms with Gasteiger partial charge in [-0.2, -0.15) is 0 Å². The second-order valence-electron chi connectivity index (χ2n) is 5.84. The molecule has 1 fully saturated rings. The van der Waals surface area contributed by atoms with Crippen LogP contribution >= 0.6 is 38.9 Å². The molecule has 0 amide bonds. The first-order chi connectivity index (χ1) is 12.2. The average molecular weight is 443 g/mol. The fourth-order valence-electron chi connectivity index (χ4n) is 2.86. The molecule has 8 heteroatoms. The molecule has 0 spiro atoms. The molecule has 2 aromatic rings. The Morgan fingerprint density at radius 1 is 1.48 bits per heavy atom. The van der Waals surface area contributed by atoms with Crippen molar-refractivity contribution in [2.45, 2.75) is 18.9 Å². The topological polar surface area (TPSA) is 52.6 Å². The molecular weight excluding hydrogens is 422 g/mol. The van der Waals surface area contributed by atoms with E-state index in [1.54, 1.807) is 24.6 Å². The van der Waals surface area contributed by atoms with Crippen LogP contribution in [0.1, 0.15) is 11.3 Å². The van der Waals surface area contributed by atoms with E-state index < -0.39 is 0 Å². The summed E-state index contributed by atoms with van der Waals surface area (Å²) in [5, 5.41) is 7.59. The van der Waals surface area contributed by atoms with Gasteiger partial charge in [0.25, 0.3) is 0 Å². The Morgan fingerprint density at radius 3 is 3.08 bits per heavy atom. The second-order valence-corrected chi connectivity index (χ2v) is 8.79. The van der Waals surface area contributed by atoms with Crippen LogP contribution in [0.3, 0.4) is 0 Å². The number of aliphatic imine (C=N–C) groups is 1. The molecule has 2 N–H and O–H groups in total. The van der Waals surface area contributed by atoms with E-state index in [2.05, 4.69) is 53.6 Å². The molecule has 0 radical (unpaired) electrons. The molecule has 134 valence electrons. The van der Waals surface area contributed by atoms with Gasteiger partial charge in [0.2, 0.25) is 0 Å². The van der Waals surface area contributed by atoms with Gasteiger partial charge in [-0.1, -0.05) is 11.6 Å². The predicted molar refractivity (Wildman–Crippen MR) is 110 cm³/mol. The van der Waals surface area contributed by atoms with Crippen LogP contribution in [-0.2, 0) is 6.42 Å². The van der Waals surface area contributed by atoms with Gasteiger partial charge in [-0.15, -0.1) is 11.3 Å². The van der Waals surface area contributed by atoms with Crippen molar-refractivity contribution in [3.05, 3.63) is 44.1 Å². The molecule has 25 heavy (non-hydrogen) atoms. The van der Waals surface area contributed by atoms with Crippen molar-refractivity contribution in [2.75, 3.05) is 31.6 Å². The Hall–Kier alpha value is -1.31. The molecule has 1 atom stereocenters. The quantitative estimate of drug-likeness (QED) is 0.549. The van der Waals surface area contributed by atoms with Crippen molar-refractivity contribution >= 4 is 50.6 Å². The van der Waals surface area contributed by atoms with Crippen LogP contribution in [0, 0.1) is 0 Å². The normalized spacial score (nSPS) is 17.8. The first-order valence-corrected chi connectivity index (χ1v) is 10.2. The summed E-state index contributed by atoms with van der Waals surface area (Å²) in [4.78, 5) is 12.3. The van der Waals surface area contributed by atoms with Gasteiger partial charge in [0.15, 0.2) is 5.96 Å². The minimum Gasteiger partial charge on any atom is -0.356 e. The molecule has 0 aliphatic carbocycles. The lowest BCUT2D eigenvalue weighted by molar-refractivity contribution is 0.648. The number of halogens is 2. The summed E-state index contributed by atoms with van der Waals surface area (Å²) in [5.74, 6) is 1.70. The highest BCUT2D eigenvalue weighted by atomic mass is 79.9. The van der Waals surface area contributed by atoms with Crippen LogP contribution in [0.2, 0.25) is 5.02 Å². The van der Waals surface area contributed by atoms with E-state index in [1.165, 1.54) is 8.66 Å². The molecule has 3 heterocycles. The molecule has 1 unspecified atom stereocenters. The van der Waals surface area contributed by atoms with Crippen molar-refractivity contribution in [1.82, 2.24) is 15.6 Å². The molecular formula is C17H21BrClN5S. The Balaban J connectivity index is 1.47. The first-order valence-electron chi connectivity index (χ1n) is 8.22. The van der Waals surface area contributed by atoms with Crippen molar-refractivity contribution in [2.24, 2.45) is 4.99 Å². The highest BCUT2D eigenvalue weighted by Crippen LogP contribution is 2.25. The summed E-state index contributed by atoms with van der Waals surface area (Å²) in [6.07, 6.45) is 3.80. The van der Waals surface area contributed by atoms with Gasteiger partial charge in [-0.25, -0.2) is 4.98 Å². The fourth-order valence-corrected chi connectivity index (χ4v) is 4.58. The largest absolute Gasteiger partial charge is 0.356 e. The third-order valence-electron chi connectivity index (χ3n) is 4.08. The number of hydrogen-bond acceptors (Lipinski definition) is 4. The van der Waals surface area contributed by atoms with Crippen LogP contribution in [0.5, 0.6) is 0 Å². The molecule has 1 aliphatic rings.